The Morgan fingerprint density at radius 1 is 1.29 bits per heavy atom. The molecular formula is C8H5ClF4O. The quantitative estimate of drug-likeness (QED) is 0.705. The summed E-state index contributed by atoms with van der Waals surface area (Å²) in [6, 6.07) is 2.90. The van der Waals surface area contributed by atoms with Crippen molar-refractivity contribution < 1.29 is 22.3 Å². The predicted molar refractivity (Wildman–Crippen MR) is 43.0 cm³/mol. The first-order valence-corrected chi connectivity index (χ1v) is 3.91. The van der Waals surface area contributed by atoms with Crippen LogP contribution in [-0.4, -0.2) is 12.8 Å². The highest BCUT2D eigenvalue weighted by atomic mass is 35.5. The Balaban J connectivity index is 2.68. The number of benzene rings is 1. The maximum atomic E-state index is 12.5. The lowest BCUT2D eigenvalue weighted by Gasteiger charge is -2.09. The third-order valence-corrected chi connectivity index (χ3v) is 1.58. The van der Waals surface area contributed by atoms with Crippen LogP contribution in [0.1, 0.15) is 0 Å². The molecule has 1 aromatic carbocycles. The van der Waals surface area contributed by atoms with Crippen molar-refractivity contribution in [2.45, 2.75) is 6.18 Å². The highest BCUT2D eigenvalue weighted by molar-refractivity contribution is 6.32. The molecule has 0 radical (unpaired) electrons. The molecular weight excluding hydrogens is 224 g/mol. The number of hydrogen-bond donors (Lipinski definition) is 0. The van der Waals surface area contributed by atoms with Crippen LogP contribution in [0.4, 0.5) is 17.6 Å². The van der Waals surface area contributed by atoms with Crippen molar-refractivity contribution in [3.8, 4) is 5.75 Å². The maximum absolute atomic E-state index is 12.5. The van der Waals surface area contributed by atoms with Crippen molar-refractivity contribution in [1.82, 2.24) is 0 Å². The van der Waals surface area contributed by atoms with Gasteiger partial charge in [-0.3, -0.25) is 0 Å². The van der Waals surface area contributed by atoms with Gasteiger partial charge >= 0.3 is 6.18 Å². The minimum absolute atomic E-state index is 0.186. The fourth-order valence-electron chi connectivity index (χ4n) is 0.752. The third kappa shape index (κ3) is 3.41. The third-order valence-electron chi connectivity index (χ3n) is 1.29. The van der Waals surface area contributed by atoms with Crippen LogP contribution in [-0.2, 0) is 0 Å². The summed E-state index contributed by atoms with van der Waals surface area (Å²) in [5, 5.41) is -0.186. The van der Waals surface area contributed by atoms with Gasteiger partial charge in [0.15, 0.2) is 6.61 Å². The summed E-state index contributed by atoms with van der Waals surface area (Å²) in [4.78, 5) is 0. The fraction of sp³-hybridized carbons (Fsp3) is 0.250. The predicted octanol–water partition coefficient (Wildman–Crippen LogP) is 3.42. The van der Waals surface area contributed by atoms with E-state index in [0.29, 0.717) is 0 Å². The van der Waals surface area contributed by atoms with E-state index in [1.54, 1.807) is 0 Å². The molecule has 0 saturated heterocycles. The van der Waals surface area contributed by atoms with Gasteiger partial charge in [-0.2, -0.15) is 13.2 Å². The van der Waals surface area contributed by atoms with Crippen molar-refractivity contribution >= 4 is 11.6 Å². The fourth-order valence-corrected chi connectivity index (χ4v) is 0.974. The van der Waals surface area contributed by atoms with Gasteiger partial charge in [0.05, 0.1) is 5.02 Å². The Kier molecular flexibility index (Phi) is 3.21. The zero-order valence-electron chi connectivity index (χ0n) is 6.74. The Bertz CT molecular complexity index is 324. The van der Waals surface area contributed by atoms with E-state index in [2.05, 4.69) is 4.74 Å². The molecule has 0 aliphatic rings. The number of rotatable bonds is 2. The molecule has 0 atom stereocenters. The van der Waals surface area contributed by atoms with E-state index >= 15 is 0 Å². The summed E-state index contributed by atoms with van der Waals surface area (Å²) in [5.41, 5.74) is 0. The van der Waals surface area contributed by atoms with Crippen LogP contribution in [0.25, 0.3) is 0 Å². The summed E-state index contributed by atoms with van der Waals surface area (Å²) in [5.74, 6) is -0.820. The van der Waals surface area contributed by atoms with Crippen LogP contribution in [0.5, 0.6) is 5.75 Å². The van der Waals surface area contributed by atoms with E-state index in [0.717, 1.165) is 18.2 Å². The molecule has 0 aliphatic heterocycles. The average molecular weight is 229 g/mol. The number of hydrogen-bond acceptors (Lipinski definition) is 1. The highest BCUT2D eigenvalue weighted by Gasteiger charge is 2.28. The van der Waals surface area contributed by atoms with E-state index in [1.807, 2.05) is 0 Å². The molecule has 1 nitrogen and oxygen atoms in total. The molecule has 0 saturated carbocycles. The Morgan fingerprint density at radius 3 is 2.43 bits per heavy atom. The van der Waals surface area contributed by atoms with Crippen LogP contribution in [0, 0.1) is 5.82 Å². The monoisotopic (exact) mass is 228 g/mol. The second kappa shape index (κ2) is 4.04. The largest absolute Gasteiger partial charge is 0.483 e. The lowest BCUT2D eigenvalue weighted by Crippen LogP contribution is -2.19. The Morgan fingerprint density at radius 2 is 1.93 bits per heavy atom. The van der Waals surface area contributed by atoms with Gasteiger partial charge in [-0.15, -0.1) is 0 Å². The SMILES string of the molecule is Fc1ccc(OCC(F)(F)F)c(Cl)c1. The van der Waals surface area contributed by atoms with E-state index < -0.39 is 18.6 Å². The molecule has 1 rings (SSSR count). The molecule has 0 aromatic heterocycles. The zero-order chi connectivity index (χ0) is 10.8. The molecule has 1 aromatic rings. The molecule has 0 aliphatic carbocycles. The molecule has 0 heterocycles. The molecule has 0 N–H and O–H groups in total. The van der Waals surface area contributed by atoms with Gasteiger partial charge in [0, 0.05) is 0 Å². The average Bonchev–Trinajstić information content (AvgIpc) is 2.00. The summed E-state index contributed by atoms with van der Waals surface area (Å²) in [7, 11) is 0. The molecule has 14 heavy (non-hydrogen) atoms. The van der Waals surface area contributed by atoms with E-state index in [-0.39, 0.29) is 10.8 Å². The van der Waals surface area contributed by atoms with Gasteiger partial charge in [0.1, 0.15) is 11.6 Å². The molecule has 6 heteroatoms. The summed E-state index contributed by atoms with van der Waals surface area (Å²) in [6.45, 7) is -1.45. The van der Waals surface area contributed by atoms with E-state index in [9.17, 15) is 17.6 Å². The standard InChI is InChI=1S/C8H5ClF4O/c9-6-3-5(10)1-2-7(6)14-4-8(11,12)13/h1-3H,4H2. The number of ether oxygens (including phenoxy) is 1. The first-order valence-electron chi connectivity index (χ1n) is 3.53. The van der Waals surface area contributed by atoms with Crippen molar-refractivity contribution in [2.24, 2.45) is 0 Å². The second-order valence-corrected chi connectivity index (χ2v) is 2.89. The minimum atomic E-state index is -4.43. The summed E-state index contributed by atoms with van der Waals surface area (Å²) in [6.07, 6.45) is -4.43. The summed E-state index contributed by atoms with van der Waals surface area (Å²) >= 11 is 5.43. The smallest absolute Gasteiger partial charge is 0.422 e. The van der Waals surface area contributed by atoms with Crippen LogP contribution < -0.4 is 4.74 Å². The second-order valence-electron chi connectivity index (χ2n) is 2.48. The Hall–Kier alpha value is -0.970. The van der Waals surface area contributed by atoms with E-state index in [4.69, 9.17) is 11.6 Å². The molecule has 0 spiro atoms. The van der Waals surface area contributed by atoms with Gasteiger partial charge in [-0.25, -0.2) is 4.39 Å². The molecule has 0 unspecified atom stereocenters. The first-order chi connectivity index (χ1) is 6.38. The van der Waals surface area contributed by atoms with Crippen LogP contribution in [0.15, 0.2) is 18.2 Å². The molecule has 0 bridgehead atoms. The van der Waals surface area contributed by atoms with Gasteiger partial charge in [-0.1, -0.05) is 11.6 Å². The van der Waals surface area contributed by atoms with Crippen LogP contribution in [0.3, 0.4) is 0 Å². The van der Waals surface area contributed by atoms with Crippen molar-refractivity contribution in [1.29, 1.82) is 0 Å². The first kappa shape index (κ1) is 11.1. The van der Waals surface area contributed by atoms with Gasteiger partial charge < -0.3 is 4.74 Å². The van der Waals surface area contributed by atoms with Crippen molar-refractivity contribution in [3.05, 3.63) is 29.0 Å². The van der Waals surface area contributed by atoms with Crippen molar-refractivity contribution in [2.75, 3.05) is 6.61 Å². The lowest BCUT2D eigenvalue weighted by atomic mass is 10.3. The Labute approximate surface area is 82.2 Å². The normalized spacial score (nSPS) is 11.5. The molecule has 0 amide bonds. The van der Waals surface area contributed by atoms with E-state index in [1.165, 1.54) is 0 Å². The topological polar surface area (TPSA) is 9.23 Å². The van der Waals surface area contributed by atoms with Crippen LogP contribution in [0.2, 0.25) is 5.02 Å². The maximum Gasteiger partial charge on any atom is 0.422 e. The number of alkyl halides is 3. The minimum Gasteiger partial charge on any atom is -0.483 e. The molecule has 0 fully saturated rings. The number of halogens is 5. The van der Waals surface area contributed by atoms with Gasteiger partial charge in [-0.05, 0) is 18.2 Å². The zero-order valence-corrected chi connectivity index (χ0v) is 7.49. The lowest BCUT2D eigenvalue weighted by molar-refractivity contribution is -0.153. The highest BCUT2D eigenvalue weighted by Crippen LogP contribution is 2.26. The van der Waals surface area contributed by atoms with Gasteiger partial charge in [0.2, 0.25) is 0 Å². The molecule has 78 valence electrons. The van der Waals surface area contributed by atoms with Gasteiger partial charge in [0.25, 0.3) is 0 Å². The van der Waals surface area contributed by atoms with Crippen molar-refractivity contribution in [3.63, 3.8) is 0 Å². The van der Waals surface area contributed by atoms with Crippen LogP contribution >= 0.6 is 11.6 Å². The summed E-state index contributed by atoms with van der Waals surface area (Å²) < 4.78 is 51.9.